The third-order valence-corrected chi connectivity index (χ3v) is 3.43. The zero-order valence-corrected chi connectivity index (χ0v) is 13.2. The predicted octanol–water partition coefficient (Wildman–Crippen LogP) is 2.80. The van der Waals surface area contributed by atoms with Crippen LogP contribution in [-0.4, -0.2) is 31.8 Å². The highest BCUT2D eigenvalue weighted by atomic mass is 16.5. The summed E-state index contributed by atoms with van der Waals surface area (Å²) in [7, 11) is 1.73. The first kappa shape index (κ1) is 15.7. The summed E-state index contributed by atoms with van der Waals surface area (Å²) in [6, 6.07) is 10.4. The van der Waals surface area contributed by atoms with Crippen molar-refractivity contribution in [1.29, 1.82) is 0 Å². The van der Waals surface area contributed by atoms with E-state index < -0.39 is 0 Å². The van der Waals surface area contributed by atoms with Crippen molar-refractivity contribution < 1.29 is 4.74 Å². The molecule has 0 spiro atoms. The lowest BCUT2D eigenvalue weighted by Gasteiger charge is -2.27. The maximum absolute atomic E-state index is 5.81. The number of rotatable bonds is 7. The summed E-state index contributed by atoms with van der Waals surface area (Å²) >= 11 is 0. The minimum atomic E-state index is 0.456. The maximum Gasteiger partial charge on any atom is 0.136 e. The summed E-state index contributed by atoms with van der Waals surface area (Å²) in [5.74, 6) is 1.57. The molecule has 0 saturated carbocycles. The lowest BCUT2D eigenvalue weighted by molar-refractivity contribution is 0.204. The van der Waals surface area contributed by atoms with E-state index in [1.165, 1.54) is 10.8 Å². The molecular formula is C17H25N3O. The van der Waals surface area contributed by atoms with Gasteiger partial charge in [0.2, 0.25) is 0 Å². The Balaban J connectivity index is 2.48. The highest BCUT2D eigenvalue weighted by molar-refractivity contribution is 5.92. The van der Waals surface area contributed by atoms with Crippen LogP contribution in [0.25, 0.3) is 10.8 Å². The predicted molar refractivity (Wildman–Crippen MR) is 88.6 cm³/mol. The number of fused-ring (bicyclic) bond motifs is 1. The van der Waals surface area contributed by atoms with Gasteiger partial charge in [0.1, 0.15) is 5.82 Å². The van der Waals surface area contributed by atoms with Crippen molar-refractivity contribution in [3.63, 3.8) is 0 Å². The Hall–Kier alpha value is -1.65. The topological polar surface area (TPSA) is 51.4 Å². The molecule has 2 aromatic rings. The zero-order valence-electron chi connectivity index (χ0n) is 13.2. The van der Waals surface area contributed by atoms with Crippen molar-refractivity contribution >= 4 is 16.6 Å². The molecule has 0 saturated heterocycles. The highest BCUT2D eigenvalue weighted by Gasteiger charge is 2.14. The number of nitrogens with zero attached hydrogens (tertiary/aromatic N) is 2. The first-order chi connectivity index (χ1) is 10.2. The second-order valence-corrected chi connectivity index (χ2v) is 5.70. The van der Waals surface area contributed by atoms with Crippen LogP contribution in [0.5, 0.6) is 0 Å². The van der Waals surface area contributed by atoms with E-state index in [-0.39, 0.29) is 0 Å². The van der Waals surface area contributed by atoms with Gasteiger partial charge in [0.05, 0.1) is 12.3 Å². The number of benzene rings is 1. The Bertz CT molecular complexity index is 583. The van der Waals surface area contributed by atoms with Crippen molar-refractivity contribution in [3.05, 3.63) is 36.0 Å². The normalized spacial score (nSPS) is 11.3. The molecule has 0 fully saturated rings. The third-order valence-electron chi connectivity index (χ3n) is 3.43. The Morgan fingerprint density at radius 3 is 2.71 bits per heavy atom. The summed E-state index contributed by atoms with van der Waals surface area (Å²) in [4.78, 5) is 7.07. The third kappa shape index (κ3) is 3.93. The second kappa shape index (κ2) is 7.38. The number of ether oxygens (including phenoxy) is 1. The summed E-state index contributed by atoms with van der Waals surface area (Å²) < 4.78 is 5.25. The van der Waals surface area contributed by atoms with Crippen LogP contribution >= 0.6 is 0 Å². The van der Waals surface area contributed by atoms with Gasteiger partial charge < -0.3 is 15.4 Å². The van der Waals surface area contributed by atoms with Crippen LogP contribution in [0.2, 0.25) is 0 Å². The smallest absolute Gasteiger partial charge is 0.136 e. The van der Waals surface area contributed by atoms with Crippen LogP contribution in [0.15, 0.2) is 30.3 Å². The lowest BCUT2D eigenvalue weighted by Crippen LogP contribution is -2.32. The molecule has 0 aliphatic heterocycles. The lowest BCUT2D eigenvalue weighted by atomic mass is 10.1. The van der Waals surface area contributed by atoms with E-state index in [9.17, 15) is 0 Å². The number of methoxy groups -OCH3 is 1. The van der Waals surface area contributed by atoms with Gasteiger partial charge in [-0.3, -0.25) is 0 Å². The number of hydrogen-bond donors (Lipinski definition) is 1. The summed E-state index contributed by atoms with van der Waals surface area (Å²) in [6.45, 7) is 7.37. The van der Waals surface area contributed by atoms with Crippen molar-refractivity contribution in [1.82, 2.24) is 4.98 Å². The SMILES string of the molecule is COCCN(CC(C)C)c1nc(CN)cc2ccccc12. The van der Waals surface area contributed by atoms with Crippen LogP contribution in [-0.2, 0) is 11.3 Å². The van der Waals surface area contributed by atoms with Gasteiger partial charge in [-0.1, -0.05) is 38.1 Å². The van der Waals surface area contributed by atoms with Crippen LogP contribution < -0.4 is 10.6 Å². The Kier molecular flexibility index (Phi) is 5.53. The average molecular weight is 287 g/mol. The van der Waals surface area contributed by atoms with E-state index >= 15 is 0 Å². The largest absolute Gasteiger partial charge is 0.383 e. The minimum Gasteiger partial charge on any atom is -0.383 e. The summed E-state index contributed by atoms with van der Waals surface area (Å²) in [5, 5.41) is 2.36. The Morgan fingerprint density at radius 2 is 2.05 bits per heavy atom. The highest BCUT2D eigenvalue weighted by Crippen LogP contribution is 2.26. The Labute approximate surface area is 126 Å². The van der Waals surface area contributed by atoms with Gasteiger partial charge in [-0.25, -0.2) is 4.98 Å². The molecular weight excluding hydrogens is 262 g/mol. The molecule has 1 aromatic heterocycles. The molecule has 0 aliphatic rings. The number of pyridine rings is 1. The summed E-state index contributed by atoms with van der Waals surface area (Å²) in [6.07, 6.45) is 0. The molecule has 2 N–H and O–H groups in total. The monoisotopic (exact) mass is 287 g/mol. The maximum atomic E-state index is 5.81. The molecule has 1 aromatic carbocycles. The van der Waals surface area contributed by atoms with Crippen LogP contribution in [0, 0.1) is 5.92 Å². The van der Waals surface area contributed by atoms with Gasteiger partial charge in [-0.05, 0) is 17.4 Å². The molecule has 0 aliphatic carbocycles. The second-order valence-electron chi connectivity index (χ2n) is 5.70. The fraction of sp³-hybridized carbons (Fsp3) is 0.471. The van der Waals surface area contributed by atoms with Gasteiger partial charge in [-0.2, -0.15) is 0 Å². The summed E-state index contributed by atoms with van der Waals surface area (Å²) in [5.41, 5.74) is 6.73. The van der Waals surface area contributed by atoms with Crippen LogP contribution in [0.4, 0.5) is 5.82 Å². The molecule has 21 heavy (non-hydrogen) atoms. The van der Waals surface area contributed by atoms with E-state index in [2.05, 4.69) is 43.0 Å². The minimum absolute atomic E-state index is 0.456. The molecule has 4 nitrogen and oxygen atoms in total. The number of aromatic nitrogens is 1. The average Bonchev–Trinajstić information content (AvgIpc) is 2.50. The molecule has 0 amide bonds. The van der Waals surface area contributed by atoms with Gasteiger partial charge >= 0.3 is 0 Å². The van der Waals surface area contributed by atoms with Gasteiger partial charge in [-0.15, -0.1) is 0 Å². The first-order valence-electron chi connectivity index (χ1n) is 7.48. The molecule has 2 rings (SSSR count). The van der Waals surface area contributed by atoms with E-state index in [1.807, 2.05) is 6.07 Å². The molecule has 0 unspecified atom stereocenters. The van der Waals surface area contributed by atoms with E-state index in [0.29, 0.717) is 19.1 Å². The Morgan fingerprint density at radius 1 is 1.29 bits per heavy atom. The molecule has 0 radical (unpaired) electrons. The van der Waals surface area contributed by atoms with Crippen molar-refractivity contribution in [2.45, 2.75) is 20.4 Å². The quantitative estimate of drug-likeness (QED) is 0.851. The standard InChI is InChI=1S/C17H25N3O/c1-13(2)12-20(8-9-21-3)17-16-7-5-4-6-14(16)10-15(11-18)19-17/h4-7,10,13H,8-9,11-12,18H2,1-3H3. The molecule has 1 heterocycles. The van der Waals surface area contributed by atoms with E-state index in [1.54, 1.807) is 7.11 Å². The first-order valence-corrected chi connectivity index (χ1v) is 7.48. The fourth-order valence-electron chi connectivity index (χ4n) is 2.51. The van der Waals surface area contributed by atoms with Crippen molar-refractivity contribution in [2.75, 3.05) is 31.7 Å². The van der Waals surface area contributed by atoms with Gasteiger partial charge in [0.25, 0.3) is 0 Å². The van der Waals surface area contributed by atoms with Gasteiger partial charge in [0.15, 0.2) is 0 Å². The van der Waals surface area contributed by atoms with Crippen molar-refractivity contribution in [2.24, 2.45) is 11.7 Å². The van der Waals surface area contributed by atoms with Crippen LogP contribution in [0.1, 0.15) is 19.5 Å². The number of nitrogens with two attached hydrogens (primary N) is 1. The molecule has 4 heteroatoms. The molecule has 0 bridgehead atoms. The fourth-order valence-corrected chi connectivity index (χ4v) is 2.51. The number of hydrogen-bond acceptors (Lipinski definition) is 4. The number of anilines is 1. The molecule has 0 atom stereocenters. The van der Waals surface area contributed by atoms with Crippen molar-refractivity contribution in [3.8, 4) is 0 Å². The van der Waals surface area contributed by atoms with E-state index in [4.69, 9.17) is 15.5 Å². The van der Waals surface area contributed by atoms with E-state index in [0.717, 1.165) is 24.6 Å². The van der Waals surface area contributed by atoms with Crippen LogP contribution in [0.3, 0.4) is 0 Å². The molecule has 114 valence electrons. The zero-order chi connectivity index (χ0) is 15.2. The van der Waals surface area contributed by atoms with Gasteiger partial charge in [0, 0.05) is 32.1 Å².